The fourth-order valence-corrected chi connectivity index (χ4v) is 5.32. The molecule has 2 amide bonds. The second-order valence-electron chi connectivity index (χ2n) is 8.17. The van der Waals surface area contributed by atoms with Gasteiger partial charge in [-0.3, -0.25) is 9.59 Å². The van der Waals surface area contributed by atoms with Crippen molar-refractivity contribution < 1.29 is 22.7 Å². The number of sulfonamides is 1. The lowest BCUT2D eigenvalue weighted by Crippen LogP contribution is -2.40. The molecule has 0 bridgehead atoms. The van der Waals surface area contributed by atoms with Gasteiger partial charge in [0, 0.05) is 36.6 Å². The van der Waals surface area contributed by atoms with Gasteiger partial charge >= 0.3 is 0 Å². The van der Waals surface area contributed by atoms with Gasteiger partial charge in [0.05, 0.1) is 24.7 Å². The molecule has 0 aromatic heterocycles. The van der Waals surface area contributed by atoms with Crippen LogP contribution in [0.25, 0.3) is 0 Å². The summed E-state index contributed by atoms with van der Waals surface area (Å²) in [5.41, 5.74) is 3.26. The van der Waals surface area contributed by atoms with Gasteiger partial charge in [0.15, 0.2) is 0 Å². The molecule has 184 valence electrons. The average Bonchev–Trinajstić information content (AvgIpc) is 2.81. The SMILES string of the molecule is CCCC(=O)Nc1cccc(NCC(=O)Nc2ccc(C)c(S(=O)(=O)N3CCOCC3)c2)c1C. The van der Waals surface area contributed by atoms with Gasteiger partial charge in [0.1, 0.15) is 0 Å². The van der Waals surface area contributed by atoms with Crippen molar-refractivity contribution in [3.8, 4) is 0 Å². The van der Waals surface area contributed by atoms with Gasteiger partial charge in [-0.2, -0.15) is 4.31 Å². The molecule has 0 saturated carbocycles. The quantitative estimate of drug-likeness (QED) is 0.499. The van der Waals surface area contributed by atoms with E-state index in [-0.39, 0.29) is 23.3 Å². The smallest absolute Gasteiger partial charge is 0.243 e. The summed E-state index contributed by atoms with van der Waals surface area (Å²) in [5, 5.41) is 8.73. The summed E-state index contributed by atoms with van der Waals surface area (Å²) in [6, 6.07) is 10.3. The molecule has 3 N–H and O–H groups in total. The highest BCUT2D eigenvalue weighted by Gasteiger charge is 2.28. The Balaban J connectivity index is 1.66. The number of nitrogens with zero attached hydrogens (tertiary/aromatic N) is 1. The number of nitrogens with one attached hydrogen (secondary N) is 3. The highest BCUT2D eigenvalue weighted by Crippen LogP contribution is 2.25. The van der Waals surface area contributed by atoms with Crippen LogP contribution in [0.5, 0.6) is 0 Å². The lowest BCUT2D eigenvalue weighted by molar-refractivity contribution is -0.116. The Hall–Kier alpha value is -2.95. The maximum absolute atomic E-state index is 13.1. The molecule has 0 radical (unpaired) electrons. The molecule has 34 heavy (non-hydrogen) atoms. The zero-order valence-electron chi connectivity index (χ0n) is 19.8. The van der Waals surface area contributed by atoms with Crippen LogP contribution in [0.4, 0.5) is 17.1 Å². The first-order valence-electron chi connectivity index (χ1n) is 11.3. The zero-order chi connectivity index (χ0) is 24.7. The summed E-state index contributed by atoms with van der Waals surface area (Å²) in [6.45, 7) is 6.86. The topological polar surface area (TPSA) is 117 Å². The van der Waals surface area contributed by atoms with Crippen LogP contribution in [0, 0.1) is 13.8 Å². The lowest BCUT2D eigenvalue weighted by atomic mass is 10.1. The fourth-order valence-electron chi connectivity index (χ4n) is 3.66. The maximum atomic E-state index is 13.1. The largest absolute Gasteiger partial charge is 0.379 e. The Morgan fingerprint density at radius 3 is 2.41 bits per heavy atom. The maximum Gasteiger partial charge on any atom is 0.243 e. The third kappa shape index (κ3) is 6.34. The highest BCUT2D eigenvalue weighted by atomic mass is 32.2. The third-order valence-corrected chi connectivity index (χ3v) is 7.62. The van der Waals surface area contributed by atoms with Gasteiger partial charge < -0.3 is 20.7 Å². The standard InChI is InChI=1S/C24H32N4O5S/c1-4-6-23(29)27-21-8-5-7-20(18(21)3)25-16-24(30)26-19-10-9-17(2)22(15-19)34(31,32)28-11-13-33-14-12-28/h5,7-10,15,25H,4,6,11-14,16H2,1-3H3,(H,26,30)(H,27,29). The molecular formula is C24H32N4O5S. The van der Waals surface area contributed by atoms with Gasteiger partial charge in [0.25, 0.3) is 0 Å². The minimum absolute atomic E-state index is 0.0212. The molecular weight excluding hydrogens is 456 g/mol. The summed E-state index contributed by atoms with van der Waals surface area (Å²) >= 11 is 0. The number of aryl methyl sites for hydroxylation is 1. The van der Waals surface area contributed by atoms with E-state index in [2.05, 4.69) is 16.0 Å². The monoisotopic (exact) mass is 488 g/mol. The Labute approximate surface area is 200 Å². The first-order valence-corrected chi connectivity index (χ1v) is 12.8. The summed E-state index contributed by atoms with van der Waals surface area (Å²) < 4.78 is 32.8. The van der Waals surface area contributed by atoms with Crippen molar-refractivity contribution in [1.82, 2.24) is 4.31 Å². The Bertz CT molecular complexity index is 1140. The molecule has 1 saturated heterocycles. The van der Waals surface area contributed by atoms with E-state index in [1.54, 1.807) is 25.1 Å². The molecule has 0 atom stereocenters. The van der Waals surface area contributed by atoms with Crippen LogP contribution in [0.15, 0.2) is 41.3 Å². The van der Waals surface area contributed by atoms with Crippen molar-refractivity contribution in [3.63, 3.8) is 0 Å². The number of anilines is 3. The number of ether oxygens (including phenoxy) is 1. The number of morpholine rings is 1. The number of carbonyl (C=O) groups is 2. The first-order chi connectivity index (χ1) is 16.2. The van der Waals surface area contributed by atoms with E-state index in [1.807, 2.05) is 26.0 Å². The summed E-state index contributed by atoms with van der Waals surface area (Å²) in [4.78, 5) is 24.7. The van der Waals surface area contributed by atoms with E-state index in [0.717, 1.165) is 17.7 Å². The van der Waals surface area contributed by atoms with Crippen LogP contribution < -0.4 is 16.0 Å². The van der Waals surface area contributed by atoms with Crippen molar-refractivity contribution >= 4 is 38.9 Å². The number of hydrogen-bond acceptors (Lipinski definition) is 6. The van der Waals surface area contributed by atoms with E-state index in [1.165, 1.54) is 10.4 Å². The normalized spacial score (nSPS) is 14.4. The highest BCUT2D eigenvalue weighted by molar-refractivity contribution is 7.89. The molecule has 0 unspecified atom stereocenters. The first kappa shape index (κ1) is 25.7. The van der Waals surface area contributed by atoms with Crippen molar-refractivity contribution in [2.45, 2.75) is 38.5 Å². The molecule has 9 nitrogen and oxygen atoms in total. The third-order valence-electron chi connectivity index (χ3n) is 5.58. The van der Waals surface area contributed by atoms with Crippen molar-refractivity contribution in [2.24, 2.45) is 0 Å². The molecule has 1 aliphatic rings. The number of hydrogen-bond donors (Lipinski definition) is 3. The Kier molecular flexibility index (Phi) is 8.65. The van der Waals surface area contributed by atoms with Crippen LogP contribution in [-0.2, 0) is 24.3 Å². The van der Waals surface area contributed by atoms with Gasteiger partial charge in [-0.25, -0.2) is 8.42 Å². The minimum Gasteiger partial charge on any atom is -0.379 e. The van der Waals surface area contributed by atoms with Crippen LogP contribution >= 0.6 is 0 Å². The van der Waals surface area contributed by atoms with E-state index in [4.69, 9.17) is 4.74 Å². The molecule has 10 heteroatoms. The number of carbonyl (C=O) groups excluding carboxylic acids is 2. The molecule has 1 fully saturated rings. The van der Waals surface area contributed by atoms with E-state index < -0.39 is 10.0 Å². The predicted octanol–water partition coefficient (Wildman–Crippen LogP) is 3.11. The molecule has 3 rings (SSSR count). The zero-order valence-corrected chi connectivity index (χ0v) is 20.6. The van der Waals surface area contributed by atoms with E-state index >= 15 is 0 Å². The number of amides is 2. The second-order valence-corrected chi connectivity index (χ2v) is 10.1. The van der Waals surface area contributed by atoms with Gasteiger partial charge in [-0.05, 0) is 55.7 Å². The van der Waals surface area contributed by atoms with Gasteiger partial charge in [-0.1, -0.05) is 19.1 Å². The van der Waals surface area contributed by atoms with Crippen LogP contribution in [0.1, 0.15) is 30.9 Å². The van der Waals surface area contributed by atoms with E-state index in [9.17, 15) is 18.0 Å². The molecule has 0 aliphatic carbocycles. The van der Waals surface area contributed by atoms with E-state index in [0.29, 0.717) is 49.7 Å². The van der Waals surface area contributed by atoms with Crippen molar-refractivity contribution in [1.29, 1.82) is 0 Å². The summed E-state index contributed by atoms with van der Waals surface area (Å²) in [5.74, 6) is -0.374. The Morgan fingerprint density at radius 2 is 1.71 bits per heavy atom. The molecule has 2 aromatic carbocycles. The lowest BCUT2D eigenvalue weighted by Gasteiger charge is -2.26. The number of rotatable bonds is 9. The minimum atomic E-state index is -3.68. The van der Waals surface area contributed by atoms with Gasteiger partial charge in [0.2, 0.25) is 21.8 Å². The van der Waals surface area contributed by atoms with Gasteiger partial charge in [-0.15, -0.1) is 0 Å². The van der Waals surface area contributed by atoms with Crippen molar-refractivity contribution in [2.75, 3.05) is 48.8 Å². The predicted molar refractivity (Wildman–Crippen MR) is 133 cm³/mol. The van der Waals surface area contributed by atoms with Crippen LogP contribution in [0.2, 0.25) is 0 Å². The summed E-state index contributed by atoms with van der Waals surface area (Å²) in [7, 11) is -3.68. The number of benzene rings is 2. The summed E-state index contributed by atoms with van der Waals surface area (Å²) in [6.07, 6.45) is 1.21. The molecule has 2 aromatic rings. The molecule has 0 spiro atoms. The second kappa shape index (κ2) is 11.5. The van der Waals surface area contributed by atoms with Crippen LogP contribution in [-0.4, -0.2) is 57.4 Å². The molecule has 1 heterocycles. The fraction of sp³-hybridized carbons (Fsp3) is 0.417. The molecule has 1 aliphatic heterocycles. The average molecular weight is 489 g/mol. The van der Waals surface area contributed by atoms with Crippen molar-refractivity contribution in [3.05, 3.63) is 47.5 Å². The Morgan fingerprint density at radius 1 is 1.00 bits per heavy atom. The van der Waals surface area contributed by atoms with Crippen LogP contribution in [0.3, 0.4) is 0 Å².